The van der Waals surface area contributed by atoms with Gasteiger partial charge in [-0.3, -0.25) is 4.79 Å². The maximum absolute atomic E-state index is 12.5. The molecule has 0 N–H and O–H groups in total. The third-order valence-electron chi connectivity index (χ3n) is 3.60. The quantitative estimate of drug-likeness (QED) is 0.850. The number of nitrogens with zero attached hydrogens (tertiary/aromatic N) is 1. The Morgan fingerprint density at radius 2 is 1.86 bits per heavy atom. The molecule has 1 heterocycles. The smallest absolute Gasteiger partial charge is 0.268 e. The van der Waals surface area contributed by atoms with Gasteiger partial charge in [-0.1, -0.05) is 18.2 Å². The molecule has 4 nitrogen and oxygen atoms in total. The molecular weight excluding hydrogens is 266 g/mol. The maximum Gasteiger partial charge on any atom is 0.268 e. The van der Waals surface area contributed by atoms with Crippen molar-refractivity contribution in [2.45, 2.75) is 19.6 Å². The van der Waals surface area contributed by atoms with Gasteiger partial charge in [0.25, 0.3) is 5.91 Å². The number of para-hydroxylation sites is 1. The normalized spacial score (nSPS) is 17.7. The fourth-order valence-corrected chi connectivity index (χ4v) is 2.44. The largest absolute Gasteiger partial charge is 0.497 e. The number of ether oxygens (including phenoxy) is 2. The third-order valence-corrected chi connectivity index (χ3v) is 3.60. The van der Waals surface area contributed by atoms with Gasteiger partial charge in [0.05, 0.1) is 13.7 Å². The SMILES string of the molecule is COc1ccc(N2Cc3ccccc3O[C@H](C)C2=O)cc1. The van der Waals surface area contributed by atoms with E-state index in [4.69, 9.17) is 9.47 Å². The monoisotopic (exact) mass is 283 g/mol. The number of benzene rings is 2. The van der Waals surface area contributed by atoms with Crippen molar-refractivity contribution in [1.29, 1.82) is 0 Å². The number of carbonyl (C=O) groups excluding carboxylic acids is 1. The van der Waals surface area contributed by atoms with Crippen molar-refractivity contribution >= 4 is 11.6 Å². The summed E-state index contributed by atoms with van der Waals surface area (Å²) in [6.07, 6.45) is -0.504. The maximum atomic E-state index is 12.5. The first-order valence-corrected chi connectivity index (χ1v) is 6.89. The Bertz CT molecular complexity index is 651. The van der Waals surface area contributed by atoms with Gasteiger partial charge in [-0.05, 0) is 37.3 Å². The molecule has 2 aromatic carbocycles. The zero-order valence-corrected chi connectivity index (χ0v) is 12.1. The molecule has 4 heteroatoms. The molecule has 1 aliphatic rings. The number of rotatable bonds is 2. The van der Waals surface area contributed by atoms with Crippen LogP contribution in [0.4, 0.5) is 5.69 Å². The molecule has 0 aliphatic carbocycles. The Balaban J connectivity index is 1.98. The van der Waals surface area contributed by atoms with E-state index >= 15 is 0 Å². The predicted octanol–water partition coefficient (Wildman–Crippen LogP) is 3.01. The summed E-state index contributed by atoms with van der Waals surface area (Å²) >= 11 is 0. The van der Waals surface area contributed by atoms with Gasteiger partial charge in [-0.25, -0.2) is 0 Å². The molecule has 0 saturated heterocycles. The summed E-state index contributed by atoms with van der Waals surface area (Å²) < 4.78 is 10.9. The van der Waals surface area contributed by atoms with Crippen molar-refractivity contribution in [2.75, 3.05) is 12.0 Å². The van der Waals surface area contributed by atoms with E-state index in [0.29, 0.717) is 6.54 Å². The lowest BCUT2D eigenvalue weighted by atomic mass is 10.1. The van der Waals surface area contributed by atoms with Crippen LogP contribution in [0.15, 0.2) is 48.5 Å². The lowest BCUT2D eigenvalue weighted by Crippen LogP contribution is -2.37. The van der Waals surface area contributed by atoms with Crippen LogP contribution in [0, 0.1) is 0 Å². The summed E-state index contributed by atoms with van der Waals surface area (Å²) in [5.74, 6) is 1.50. The van der Waals surface area contributed by atoms with Crippen LogP contribution in [0.25, 0.3) is 0 Å². The Kier molecular flexibility index (Phi) is 3.52. The van der Waals surface area contributed by atoms with Crippen LogP contribution in [-0.2, 0) is 11.3 Å². The molecule has 1 amide bonds. The summed E-state index contributed by atoms with van der Waals surface area (Å²) in [6, 6.07) is 15.2. The molecule has 1 atom stereocenters. The molecule has 0 saturated carbocycles. The molecule has 21 heavy (non-hydrogen) atoms. The standard InChI is InChI=1S/C17H17NO3/c1-12-17(19)18(14-7-9-15(20-2)10-8-14)11-13-5-3-4-6-16(13)21-12/h3-10,12H,11H2,1-2H3/t12-/m1/s1. The molecule has 3 rings (SSSR count). The number of amides is 1. The summed E-state index contributed by atoms with van der Waals surface area (Å²) in [4.78, 5) is 14.3. The first kappa shape index (κ1) is 13.5. The third kappa shape index (κ3) is 2.57. The summed E-state index contributed by atoms with van der Waals surface area (Å²) in [7, 11) is 1.62. The van der Waals surface area contributed by atoms with Gasteiger partial charge >= 0.3 is 0 Å². The average Bonchev–Trinajstić information content (AvgIpc) is 2.65. The van der Waals surface area contributed by atoms with Crippen LogP contribution < -0.4 is 14.4 Å². The predicted molar refractivity (Wildman–Crippen MR) is 80.7 cm³/mol. The Morgan fingerprint density at radius 3 is 2.57 bits per heavy atom. The van der Waals surface area contributed by atoms with E-state index < -0.39 is 6.10 Å². The second-order valence-corrected chi connectivity index (χ2v) is 4.99. The van der Waals surface area contributed by atoms with Crippen molar-refractivity contribution in [3.05, 3.63) is 54.1 Å². The van der Waals surface area contributed by atoms with Crippen LogP contribution >= 0.6 is 0 Å². The Morgan fingerprint density at radius 1 is 1.14 bits per heavy atom. The number of anilines is 1. The number of fused-ring (bicyclic) bond motifs is 1. The van der Waals surface area contributed by atoms with E-state index in [1.807, 2.05) is 48.5 Å². The van der Waals surface area contributed by atoms with Crippen molar-refractivity contribution in [3.63, 3.8) is 0 Å². The minimum Gasteiger partial charge on any atom is -0.497 e. The summed E-state index contributed by atoms with van der Waals surface area (Å²) in [5, 5.41) is 0. The van der Waals surface area contributed by atoms with Gasteiger partial charge in [0.15, 0.2) is 6.10 Å². The highest BCUT2D eigenvalue weighted by molar-refractivity contribution is 5.97. The van der Waals surface area contributed by atoms with E-state index in [1.54, 1.807) is 18.9 Å². The molecule has 0 spiro atoms. The van der Waals surface area contributed by atoms with Crippen molar-refractivity contribution in [2.24, 2.45) is 0 Å². The minimum atomic E-state index is -0.504. The number of hydrogen-bond acceptors (Lipinski definition) is 3. The van der Waals surface area contributed by atoms with E-state index in [2.05, 4.69) is 0 Å². The van der Waals surface area contributed by atoms with Gasteiger partial charge in [0.1, 0.15) is 11.5 Å². The summed E-state index contributed by atoms with van der Waals surface area (Å²) in [5.41, 5.74) is 1.85. The van der Waals surface area contributed by atoms with Gasteiger partial charge in [-0.15, -0.1) is 0 Å². The Labute approximate surface area is 123 Å². The summed E-state index contributed by atoms with van der Waals surface area (Å²) in [6.45, 7) is 2.28. The average molecular weight is 283 g/mol. The first-order valence-electron chi connectivity index (χ1n) is 6.89. The van der Waals surface area contributed by atoms with Gasteiger partial charge in [0.2, 0.25) is 0 Å². The highest BCUT2D eigenvalue weighted by atomic mass is 16.5. The molecule has 0 aromatic heterocycles. The highest BCUT2D eigenvalue weighted by Gasteiger charge is 2.28. The molecule has 1 aliphatic heterocycles. The van der Waals surface area contributed by atoms with Crippen LogP contribution in [0.5, 0.6) is 11.5 Å². The molecule has 0 unspecified atom stereocenters. The molecule has 0 radical (unpaired) electrons. The van der Waals surface area contributed by atoms with Crippen molar-refractivity contribution in [3.8, 4) is 11.5 Å². The minimum absolute atomic E-state index is 0.0450. The molecule has 2 aromatic rings. The van der Waals surface area contributed by atoms with Gasteiger partial charge in [-0.2, -0.15) is 0 Å². The van der Waals surface area contributed by atoms with E-state index in [1.165, 1.54) is 0 Å². The zero-order chi connectivity index (χ0) is 14.8. The fourth-order valence-electron chi connectivity index (χ4n) is 2.44. The lowest BCUT2D eigenvalue weighted by Gasteiger charge is -2.22. The lowest BCUT2D eigenvalue weighted by molar-refractivity contribution is -0.124. The topological polar surface area (TPSA) is 38.8 Å². The number of carbonyl (C=O) groups is 1. The molecular formula is C17H17NO3. The van der Waals surface area contributed by atoms with E-state index in [0.717, 1.165) is 22.7 Å². The highest BCUT2D eigenvalue weighted by Crippen LogP contribution is 2.29. The molecule has 0 bridgehead atoms. The van der Waals surface area contributed by atoms with E-state index in [-0.39, 0.29) is 5.91 Å². The van der Waals surface area contributed by atoms with Crippen LogP contribution in [0.2, 0.25) is 0 Å². The van der Waals surface area contributed by atoms with Crippen LogP contribution in [0.3, 0.4) is 0 Å². The first-order chi connectivity index (χ1) is 10.2. The Hall–Kier alpha value is -2.49. The van der Waals surface area contributed by atoms with Crippen molar-refractivity contribution in [1.82, 2.24) is 0 Å². The molecule has 108 valence electrons. The second kappa shape index (κ2) is 5.48. The number of methoxy groups -OCH3 is 1. The fraction of sp³-hybridized carbons (Fsp3) is 0.235. The van der Waals surface area contributed by atoms with Crippen LogP contribution in [0.1, 0.15) is 12.5 Å². The van der Waals surface area contributed by atoms with Crippen LogP contribution in [-0.4, -0.2) is 19.1 Å². The van der Waals surface area contributed by atoms with Gasteiger partial charge in [0, 0.05) is 11.3 Å². The zero-order valence-electron chi connectivity index (χ0n) is 12.1. The van der Waals surface area contributed by atoms with E-state index in [9.17, 15) is 4.79 Å². The van der Waals surface area contributed by atoms with Gasteiger partial charge < -0.3 is 14.4 Å². The van der Waals surface area contributed by atoms with Crippen molar-refractivity contribution < 1.29 is 14.3 Å². The second-order valence-electron chi connectivity index (χ2n) is 4.99. The number of hydrogen-bond donors (Lipinski definition) is 0. The molecule has 0 fully saturated rings.